The van der Waals surface area contributed by atoms with Crippen LogP contribution < -0.4 is 5.73 Å². The number of methoxy groups -OCH3 is 1. The minimum absolute atomic E-state index is 0.290. The molecule has 1 aromatic rings. The summed E-state index contributed by atoms with van der Waals surface area (Å²) in [5, 5.41) is 0. The Kier molecular flexibility index (Phi) is 3.67. The lowest BCUT2D eigenvalue weighted by molar-refractivity contribution is 0.172. The summed E-state index contributed by atoms with van der Waals surface area (Å²) in [6, 6.07) is 8.24. The minimum atomic E-state index is -0.290. The highest BCUT2D eigenvalue weighted by Gasteiger charge is 2.21. The van der Waals surface area contributed by atoms with E-state index in [4.69, 9.17) is 10.5 Å². The molecule has 1 atom stereocenters. The number of hydrogen-bond acceptors (Lipinski definition) is 2. The van der Waals surface area contributed by atoms with Crippen molar-refractivity contribution in [3.05, 3.63) is 35.4 Å². The molecule has 0 aliphatic rings. The number of hydrogen-bond donors (Lipinski definition) is 1. The van der Waals surface area contributed by atoms with Gasteiger partial charge in [0.05, 0.1) is 0 Å². The topological polar surface area (TPSA) is 35.2 Å². The minimum Gasteiger partial charge on any atom is -0.385 e. The summed E-state index contributed by atoms with van der Waals surface area (Å²) in [4.78, 5) is 0. The van der Waals surface area contributed by atoms with Gasteiger partial charge in [-0.15, -0.1) is 0 Å². The molecule has 0 radical (unpaired) electrons. The molecule has 0 amide bonds. The van der Waals surface area contributed by atoms with Crippen LogP contribution >= 0.6 is 0 Å². The van der Waals surface area contributed by atoms with E-state index < -0.39 is 0 Å². The van der Waals surface area contributed by atoms with Crippen molar-refractivity contribution in [2.75, 3.05) is 13.7 Å². The van der Waals surface area contributed by atoms with Gasteiger partial charge in [0, 0.05) is 19.3 Å². The summed E-state index contributed by atoms with van der Waals surface area (Å²) in [5.41, 5.74) is 8.40. The molecule has 0 bridgehead atoms. The van der Waals surface area contributed by atoms with Gasteiger partial charge in [0.1, 0.15) is 0 Å². The summed E-state index contributed by atoms with van der Waals surface area (Å²) >= 11 is 0. The number of benzene rings is 1. The van der Waals surface area contributed by atoms with E-state index in [1.807, 2.05) is 19.1 Å². The van der Waals surface area contributed by atoms with E-state index in [2.05, 4.69) is 19.1 Å². The largest absolute Gasteiger partial charge is 0.385 e. The van der Waals surface area contributed by atoms with Crippen LogP contribution in [0.1, 0.15) is 24.5 Å². The smallest absolute Gasteiger partial charge is 0.0482 e. The summed E-state index contributed by atoms with van der Waals surface area (Å²) in [6.07, 6.45) is 0.842. The maximum Gasteiger partial charge on any atom is 0.0482 e. The van der Waals surface area contributed by atoms with Gasteiger partial charge in [-0.3, -0.25) is 0 Å². The predicted octanol–water partition coefficient (Wildman–Crippen LogP) is 2.21. The molecule has 2 heteroatoms. The molecule has 0 spiro atoms. The molecule has 78 valence electrons. The molecule has 0 saturated heterocycles. The van der Waals surface area contributed by atoms with Crippen LogP contribution in [0, 0.1) is 6.92 Å². The second kappa shape index (κ2) is 4.58. The molecule has 2 N–H and O–H groups in total. The lowest BCUT2D eigenvalue weighted by atomic mass is 9.87. The fourth-order valence-corrected chi connectivity index (χ4v) is 1.66. The van der Waals surface area contributed by atoms with Gasteiger partial charge in [0.15, 0.2) is 0 Å². The first-order chi connectivity index (χ1) is 6.58. The third kappa shape index (κ3) is 2.56. The van der Waals surface area contributed by atoms with Gasteiger partial charge in [-0.2, -0.15) is 0 Å². The summed E-state index contributed by atoms with van der Waals surface area (Å²) < 4.78 is 5.06. The van der Waals surface area contributed by atoms with Crippen molar-refractivity contribution in [3.63, 3.8) is 0 Å². The Morgan fingerprint density at radius 2 is 2.00 bits per heavy atom. The highest BCUT2D eigenvalue weighted by molar-refractivity contribution is 5.31. The molecule has 14 heavy (non-hydrogen) atoms. The van der Waals surface area contributed by atoms with Crippen molar-refractivity contribution in [2.45, 2.75) is 25.8 Å². The SMILES string of the molecule is COCCC(C)(N)c1ccccc1C. The molecular weight excluding hydrogens is 174 g/mol. The highest BCUT2D eigenvalue weighted by atomic mass is 16.5. The lowest BCUT2D eigenvalue weighted by Gasteiger charge is -2.26. The maximum absolute atomic E-state index is 6.24. The van der Waals surface area contributed by atoms with E-state index in [0.717, 1.165) is 6.42 Å². The van der Waals surface area contributed by atoms with Crippen molar-refractivity contribution in [1.29, 1.82) is 0 Å². The molecule has 0 aliphatic carbocycles. The quantitative estimate of drug-likeness (QED) is 0.795. The average Bonchev–Trinajstić information content (AvgIpc) is 2.15. The molecule has 0 fully saturated rings. The Labute approximate surface area is 86.1 Å². The summed E-state index contributed by atoms with van der Waals surface area (Å²) in [7, 11) is 1.70. The Morgan fingerprint density at radius 3 is 2.57 bits per heavy atom. The van der Waals surface area contributed by atoms with Crippen molar-refractivity contribution in [3.8, 4) is 0 Å². The predicted molar refractivity (Wildman–Crippen MR) is 59.2 cm³/mol. The van der Waals surface area contributed by atoms with Gasteiger partial charge in [-0.1, -0.05) is 24.3 Å². The lowest BCUT2D eigenvalue weighted by Crippen LogP contribution is -2.35. The molecule has 0 aromatic heterocycles. The molecule has 0 aliphatic heterocycles. The standard InChI is InChI=1S/C12H19NO/c1-10-6-4-5-7-11(10)12(2,13)8-9-14-3/h4-7H,8-9,13H2,1-3H3. The monoisotopic (exact) mass is 193 g/mol. The van der Waals surface area contributed by atoms with Crippen molar-refractivity contribution in [1.82, 2.24) is 0 Å². The maximum atomic E-state index is 6.24. The molecule has 0 heterocycles. The Hall–Kier alpha value is -0.860. The number of ether oxygens (including phenoxy) is 1. The fraction of sp³-hybridized carbons (Fsp3) is 0.500. The zero-order valence-corrected chi connectivity index (χ0v) is 9.21. The summed E-state index contributed by atoms with van der Waals surface area (Å²) in [6.45, 7) is 4.84. The zero-order chi connectivity index (χ0) is 10.6. The van der Waals surface area contributed by atoms with Crippen LogP contribution in [-0.2, 0) is 10.3 Å². The second-order valence-electron chi connectivity index (χ2n) is 3.98. The van der Waals surface area contributed by atoms with Crippen LogP contribution in [0.3, 0.4) is 0 Å². The zero-order valence-electron chi connectivity index (χ0n) is 9.21. The summed E-state index contributed by atoms with van der Waals surface area (Å²) in [5.74, 6) is 0. The average molecular weight is 193 g/mol. The van der Waals surface area contributed by atoms with E-state index in [9.17, 15) is 0 Å². The Balaban J connectivity index is 2.86. The van der Waals surface area contributed by atoms with E-state index in [1.165, 1.54) is 11.1 Å². The van der Waals surface area contributed by atoms with E-state index >= 15 is 0 Å². The van der Waals surface area contributed by atoms with Crippen LogP contribution in [0.25, 0.3) is 0 Å². The van der Waals surface area contributed by atoms with Gasteiger partial charge in [-0.25, -0.2) is 0 Å². The first-order valence-corrected chi connectivity index (χ1v) is 4.92. The fourth-order valence-electron chi connectivity index (χ4n) is 1.66. The molecule has 1 unspecified atom stereocenters. The van der Waals surface area contributed by atoms with Gasteiger partial charge in [0.25, 0.3) is 0 Å². The number of aryl methyl sites for hydroxylation is 1. The van der Waals surface area contributed by atoms with Gasteiger partial charge in [0.2, 0.25) is 0 Å². The van der Waals surface area contributed by atoms with Crippen LogP contribution in [0.15, 0.2) is 24.3 Å². The van der Waals surface area contributed by atoms with Gasteiger partial charge < -0.3 is 10.5 Å². The first kappa shape index (κ1) is 11.2. The highest BCUT2D eigenvalue weighted by Crippen LogP contribution is 2.24. The van der Waals surface area contributed by atoms with Crippen LogP contribution in [0.2, 0.25) is 0 Å². The molecular formula is C12H19NO. The van der Waals surface area contributed by atoms with Crippen molar-refractivity contribution in [2.24, 2.45) is 5.73 Å². The van der Waals surface area contributed by atoms with E-state index in [-0.39, 0.29) is 5.54 Å². The van der Waals surface area contributed by atoms with Crippen LogP contribution in [0.4, 0.5) is 0 Å². The number of rotatable bonds is 4. The first-order valence-electron chi connectivity index (χ1n) is 4.92. The third-order valence-electron chi connectivity index (χ3n) is 2.59. The third-order valence-corrected chi connectivity index (χ3v) is 2.59. The van der Waals surface area contributed by atoms with Crippen molar-refractivity contribution < 1.29 is 4.74 Å². The number of nitrogens with two attached hydrogens (primary N) is 1. The van der Waals surface area contributed by atoms with E-state index in [0.29, 0.717) is 6.61 Å². The molecule has 0 saturated carbocycles. The molecule has 1 aromatic carbocycles. The molecule has 1 rings (SSSR count). The Bertz CT molecular complexity index is 294. The molecule has 2 nitrogen and oxygen atoms in total. The van der Waals surface area contributed by atoms with E-state index in [1.54, 1.807) is 7.11 Å². The second-order valence-corrected chi connectivity index (χ2v) is 3.98. The van der Waals surface area contributed by atoms with Crippen LogP contribution in [-0.4, -0.2) is 13.7 Å². The Morgan fingerprint density at radius 1 is 1.36 bits per heavy atom. The van der Waals surface area contributed by atoms with Gasteiger partial charge in [-0.05, 0) is 31.4 Å². The van der Waals surface area contributed by atoms with Crippen molar-refractivity contribution >= 4 is 0 Å². The van der Waals surface area contributed by atoms with Crippen LogP contribution in [0.5, 0.6) is 0 Å². The van der Waals surface area contributed by atoms with Gasteiger partial charge >= 0.3 is 0 Å². The normalized spacial score (nSPS) is 15.1.